The molecular weight excluding hydrogens is 246 g/mol. The fraction of sp³-hybridized carbons (Fsp3) is 0.273. The second-order valence-electron chi connectivity index (χ2n) is 3.87. The number of amides is 2. The van der Waals surface area contributed by atoms with Gasteiger partial charge < -0.3 is 15.7 Å². The van der Waals surface area contributed by atoms with Crippen LogP contribution in [-0.2, 0) is 0 Å². The molecule has 98 valence electrons. The second kappa shape index (κ2) is 5.44. The van der Waals surface area contributed by atoms with Gasteiger partial charge in [-0.2, -0.15) is 0 Å². The lowest BCUT2D eigenvalue weighted by Gasteiger charge is -2.12. The van der Waals surface area contributed by atoms with E-state index in [1.54, 1.807) is 13.8 Å². The summed E-state index contributed by atoms with van der Waals surface area (Å²) in [6.45, 7) is 3.39. The number of aromatic carboxylic acids is 1. The number of carbonyl (C=O) groups excluding carboxylic acids is 1. The summed E-state index contributed by atoms with van der Waals surface area (Å²) < 4.78 is 25.9. The highest BCUT2D eigenvalue weighted by atomic mass is 19.2. The molecule has 0 aromatic heterocycles. The van der Waals surface area contributed by atoms with Crippen LogP contribution in [0.5, 0.6) is 0 Å². The summed E-state index contributed by atoms with van der Waals surface area (Å²) in [5, 5.41) is 13.4. The Labute approximate surface area is 102 Å². The smallest absolute Gasteiger partial charge is 0.337 e. The molecule has 0 bridgehead atoms. The molecule has 1 rings (SSSR count). The van der Waals surface area contributed by atoms with Gasteiger partial charge in [-0.3, -0.25) is 0 Å². The van der Waals surface area contributed by atoms with Gasteiger partial charge in [0.1, 0.15) is 0 Å². The van der Waals surface area contributed by atoms with Crippen LogP contribution in [-0.4, -0.2) is 23.1 Å². The van der Waals surface area contributed by atoms with Crippen LogP contribution in [0, 0.1) is 11.6 Å². The van der Waals surface area contributed by atoms with Crippen LogP contribution in [0.2, 0.25) is 0 Å². The van der Waals surface area contributed by atoms with E-state index in [1.165, 1.54) is 0 Å². The molecule has 2 amide bonds. The summed E-state index contributed by atoms with van der Waals surface area (Å²) in [6, 6.07) is 0.267. The molecule has 0 heterocycles. The predicted octanol–water partition coefficient (Wildman–Crippen LogP) is 2.19. The third-order valence-electron chi connectivity index (χ3n) is 1.96. The van der Waals surface area contributed by atoms with Crippen molar-refractivity contribution >= 4 is 17.7 Å². The lowest BCUT2D eigenvalue weighted by molar-refractivity contribution is 0.0697. The number of anilines is 1. The molecule has 0 aliphatic carbocycles. The molecule has 0 spiro atoms. The zero-order chi connectivity index (χ0) is 13.9. The zero-order valence-corrected chi connectivity index (χ0v) is 9.75. The van der Waals surface area contributed by atoms with E-state index >= 15 is 0 Å². The van der Waals surface area contributed by atoms with E-state index in [0.29, 0.717) is 12.1 Å². The summed E-state index contributed by atoms with van der Waals surface area (Å²) in [7, 11) is 0. The number of carbonyl (C=O) groups is 2. The lowest BCUT2D eigenvalue weighted by atomic mass is 10.1. The molecule has 0 radical (unpaired) electrons. The molecule has 3 N–H and O–H groups in total. The van der Waals surface area contributed by atoms with Gasteiger partial charge >= 0.3 is 12.0 Å². The number of carboxylic acid groups (broad SMARTS) is 1. The van der Waals surface area contributed by atoms with E-state index in [0.717, 1.165) is 0 Å². The lowest BCUT2D eigenvalue weighted by Crippen LogP contribution is -2.34. The highest BCUT2D eigenvalue weighted by Crippen LogP contribution is 2.20. The maximum absolute atomic E-state index is 13.0. The molecule has 1 aromatic rings. The van der Waals surface area contributed by atoms with Crippen molar-refractivity contribution in [1.29, 1.82) is 0 Å². The van der Waals surface area contributed by atoms with Gasteiger partial charge in [-0.1, -0.05) is 0 Å². The van der Waals surface area contributed by atoms with E-state index in [9.17, 15) is 18.4 Å². The summed E-state index contributed by atoms with van der Waals surface area (Å²) in [5.41, 5.74) is -0.827. The first-order valence-electron chi connectivity index (χ1n) is 5.11. The van der Waals surface area contributed by atoms with Crippen LogP contribution in [0.1, 0.15) is 24.2 Å². The predicted molar refractivity (Wildman–Crippen MR) is 60.6 cm³/mol. The Kier molecular flexibility index (Phi) is 4.19. The van der Waals surface area contributed by atoms with E-state index in [2.05, 4.69) is 10.6 Å². The Morgan fingerprint density at radius 2 is 1.78 bits per heavy atom. The van der Waals surface area contributed by atoms with Crippen molar-refractivity contribution in [3.8, 4) is 0 Å². The third-order valence-corrected chi connectivity index (χ3v) is 1.96. The van der Waals surface area contributed by atoms with Crippen LogP contribution in [0.4, 0.5) is 19.3 Å². The summed E-state index contributed by atoms with van der Waals surface area (Å²) >= 11 is 0. The molecule has 0 saturated carbocycles. The minimum atomic E-state index is -1.46. The van der Waals surface area contributed by atoms with Crippen molar-refractivity contribution in [3.05, 3.63) is 29.3 Å². The normalized spacial score (nSPS) is 10.3. The Hall–Kier alpha value is -2.18. The monoisotopic (exact) mass is 258 g/mol. The molecule has 0 saturated heterocycles. The Morgan fingerprint density at radius 3 is 2.28 bits per heavy atom. The van der Waals surface area contributed by atoms with E-state index in [4.69, 9.17) is 5.11 Å². The van der Waals surface area contributed by atoms with E-state index in [-0.39, 0.29) is 11.7 Å². The van der Waals surface area contributed by atoms with E-state index < -0.39 is 29.2 Å². The number of halogens is 2. The first kappa shape index (κ1) is 13.9. The third kappa shape index (κ3) is 3.41. The van der Waals surface area contributed by atoms with Gasteiger partial charge in [0.15, 0.2) is 11.6 Å². The molecule has 0 aliphatic heterocycles. The van der Waals surface area contributed by atoms with Crippen molar-refractivity contribution in [2.45, 2.75) is 19.9 Å². The van der Waals surface area contributed by atoms with Gasteiger partial charge in [-0.05, 0) is 19.9 Å². The number of hydrogen-bond acceptors (Lipinski definition) is 2. The number of nitrogens with one attached hydrogen (secondary N) is 2. The topological polar surface area (TPSA) is 78.4 Å². The molecule has 0 atom stereocenters. The van der Waals surface area contributed by atoms with Crippen molar-refractivity contribution in [3.63, 3.8) is 0 Å². The Balaban J connectivity index is 3.04. The van der Waals surface area contributed by atoms with Crippen LogP contribution in [0.15, 0.2) is 12.1 Å². The number of benzene rings is 1. The standard InChI is InChI=1S/C11H12F2N2O3/c1-5(2)14-11(18)15-9-4-8(13)7(12)3-6(9)10(16)17/h3-5H,1-2H3,(H,16,17)(H2,14,15,18). The van der Waals surface area contributed by atoms with Gasteiger partial charge in [-0.25, -0.2) is 18.4 Å². The number of carboxylic acids is 1. The molecule has 7 heteroatoms. The first-order valence-corrected chi connectivity index (χ1v) is 5.11. The number of urea groups is 1. The van der Waals surface area contributed by atoms with Crippen molar-refractivity contribution < 1.29 is 23.5 Å². The van der Waals surface area contributed by atoms with Crippen molar-refractivity contribution in [2.75, 3.05) is 5.32 Å². The van der Waals surface area contributed by atoms with E-state index in [1.807, 2.05) is 0 Å². The molecule has 1 aromatic carbocycles. The average molecular weight is 258 g/mol. The molecular formula is C11H12F2N2O3. The summed E-state index contributed by atoms with van der Waals surface area (Å²) in [5.74, 6) is -3.99. The van der Waals surface area contributed by atoms with Crippen LogP contribution < -0.4 is 10.6 Å². The Morgan fingerprint density at radius 1 is 1.22 bits per heavy atom. The fourth-order valence-electron chi connectivity index (χ4n) is 1.25. The van der Waals surface area contributed by atoms with Gasteiger partial charge in [0.25, 0.3) is 0 Å². The largest absolute Gasteiger partial charge is 0.478 e. The molecule has 0 unspecified atom stereocenters. The summed E-state index contributed by atoms with van der Waals surface area (Å²) in [6.07, 6.45) is 0. The molecule has 5 nitrogen and oxygen atoms in total. The molecule has 0 fully saturated rings. The van der Waals surface area contributed by atoms with Crippen molar-refractivity contribution in [2.24, 2.45) is 0 Å². The van der Waals surface area contributed by atoms with Crippen LogP contribution in [0.3, 0.4) is 0 Å². The number of rotatable bonds is 3. The van der Waals surface area contributed by atoms with Gasteiger partial charge in [0.05, 0.1) is 11.3 Å². The quantitative estimate of drug-likeness (QED) is 0.777. The van der Waals surface area contributed by atoms with Crippen LogP contribution >= 0.6 is 0 Å². The van der Waals surface area contributed by atoms with Crippen molar-refractivity contribution in [1.82, 2.24) is 5.32 Å². The maximum Gasteiger partial charge on any atom is 0.337 e. The fourth-order valence-corrected chi connectivity index (χ4v) is 1.25. The number of hydrogen-bond donors (Lipinski definition) is 3. The highest BCUT2D eigenvalue weighted by Gasteiger charge is 2.17. The zero-order valence-electron chi connectivity index (χ0n) is 9.75. The second-order valence-corrected chi connectivity index (χ2v) is 3.87. The molecule has 0 aliphatic rings. The van der Waals surface area contributed by atoms with Gasteiger partial charge in [0.2, 0.25) is 0 Å². The first-order chi connectivity index (χ1) is 8.31. The van der Waals surface area contributed by atoms with Gasteiger partial charge in [0, 0.05) is 12.1 Å². The minimum absolute atomic E-state index is 0.177. The Bertz CT molecular complexity index is 489. The summed E-state index contributed by atoms with van der Waals surface area (Å²) in [4.78, 5) is 22.2. The maximum atomic E-state index is 13.0. The average Bonchev–Trinajstić information content (AvgIpc) is 2.21. The van der Waals surface area contributed by atoms with Gasteiger partial charge in [-0.15, -0.1) is 0 Å². The SMILES string of the molecule is CC(C)NC(=O)Nc1cc(F)c(F)cc1C(=O)O. The molecule has 18 heavy (non-hydrogen) atoms. The minimum Gasteiger partial charge on any atom is -0.478 e. The van der Waals surface area contributed by atoms with Crippen LogP contribution in [0.25, 0.3) is 0 Å². The highest BCUT2D eigenvalue weighted by molar-refractivity contribution is 6.00.